The van der Waals surface area contributed by atoms with Gasteiger partial charge in [0.05, 0.1) is 16.8 Å². The van der Waals surface area contributed by atoms with E-state index in [0.717, 1.165) is 18.5 Å². The van der Waals surface area contributed by atoms with Crippen LogP contribution in [-0.2, 0) is 17.8 Å². The molecule has 0 spiro atoms. The molecular formula is C23H25F4N7O3. The van der Waals surface area contributed by atoms with Crippen molar-refractivity contribution in [3.05, 3.63) is 58.4 Å². The van der Waals surface area contributed by atoms with Crippen LogP contribution in [-0.4, -0.2) is 38.6 Å². The average molecular weight is 523 g/mol. The fourth-order valence-corrected chi connectivity index (χ4v) is 4.96. The molecule has 1 aliphatic carbocycles. The first-order valence-corrected chi connectivity index (χ1v) is 11.3. The average Bonchev–Trinajstić information content (AvgIpc) is 3.36. The predicted octanol–water partition coefficient (Wildman–Crippen LogP) is 2.06. The molecule has 1 saturated carbocycles. The van der Waals surface area contributed by atoms with Gasteiger partial charge in [-0.2, -0.15) is 0 Å². The maximum absolute atomic E-state index is 13.7. The molecule has 0 bridgehead atoms. The van der Waals surface area contributed by atoms with E-state index in [0.29, 0.717) is 25.1 Å². The van der Waals surface area contributed by atoms with E-state index in [1.807, 2.05) is 0 Å². The molecule has 0 saturated heterocycles. The van der Waals surface area contributed by atoms with E-state index >= 15 is 0 Å². The van der Waals surface area contributed by atoms with Crippen molar-refractivity contribution in [2.45, 2.75) is 57.0 Å². The van der Waals surface area contributed by atoms with Gasteiger partial charge in [0.2, 0.25) is 0 Å². The number of alkyl halides is 4. The van der Waals surface area contributed by atoms with Crippen LogP contribution in [0.3, 0.4) is 0 Å². The fourth-order valence-electron chi connectivity index (χ4n) is 4.96. The lowest BCUT2D eigenvalue weighted by Crippen LogP contribution is -2.65. The molecule has 0 aromatic carbocycles. The SMILES string of the molecule is Cc1c(C(=O)C(=O)NC2(/C(N)=C/NN)CC(F)(F)C2)c2n(c1C(=O)Nc1ccnc(C(F)F)c1)CCC2. The van der Waals surface area contributed by atoms with E-state index in [4.69, 9.17) is 11.6 Å². The van der Waals surface area contributed by atoms with Gasteiger partial charge in [-0.1, -0.05) is 0 Å². The Kier molecular flexibility index (Phi) is 6.71. The van der Waals surface area contributed by atoms with Crippen LogP contribution in [0.4, 0.5) is 23.2 Å². The van der Waals surface area contributed by atoms with Gasteiger partial charge in [-0.15, -0.1) is 0 Å². The molecule has 3 heterocycles. The molecule has 1 fully saturated rings. The molecule has 7 N–H and O–H groups in total. The van der Waals surface area contributed by atoms with Crippen molar-refractivity contribution in [1.82, 2.24) is 20.3 Å². The molecule has 14 heteroatoms. The zero-order valence-electron chi connectivity index (χ0n) is 19.7. The van der Waals surface area contributed by atoms with Crippen molar-refractivity contribution in [1.29, 1.82) is 0 Å². The number of amides is 2. The summed E-state index contributed by atoms with van der Waals surface area (Å²) in [4.78, 5) is 42.9. The molecule has 0 atom stereocenters. The van der Waals surface area contributed by atoms with Gasteiger partial charge in [0.25, 0.3) is 29.9 Å². The molecule has 1 aliphatic heterocycles. The summed E-state index contributed by atoms with van der Waals surface area (Å²) in [5, 5.41) is 4.87. The molecule has 198 valence electrons. The molecule has 2 aliphatic rings. The number of carbonyl (C=O) groups excluding carboxylic acids is 3. The number of aromatic nitrogens is 2. The first-order valence-electron chi connectivity index (χ1n) is 11.3. The number of pyridine rings is 1. The molecular weight excluding hydrogens is 498 g/mol. The number of hydrazine groups is 1. The Labute approximate surface area is 208 Å². The number of nitrogens with one attached hydrogen (secondary N) is 3. The zero-order chi connectivity index (χ0) is 27.1. The van der Waals surface area contributed by atoms with Crippen LogP contribution in [0.1, 0.15) is 63.5 Å². The van der Waals surface area contributed by atoms with Crippen molar-refractivity contribution in [3.8, 4) is 0 Å². The van der Waals surface area contributed by atoms with Gasteiger partial charge in [0.1, 0.15) is 11.4 Å². The zero-order valence-corrected chi connectivity index (χ0v) is 19.7. The molecule has 2 amide bonds. The number of hydrogen-bond acceptors (Lipinski definition) is 7. The number of Topliss-reactive ketones (excluding diaryl/α,β-unsaturated/α-hetero) is 1. The summed E-state index contributed by atoms with van der Waals surface area (Å²) in [5.74, 6) is -0.721. The van der Waals surface area contributed by atoms with Gasteiger partial charge < -0.3 is 26.4 Å². The topological polar surface area (TPSA) is 157 Å². The van der Waals surface area contributed by atoms with Crippen LogP contribution >= 0.6 is 0 Å². The summed E-state index contributed by atoms with van der Waals surface area (Å²) in [6, 6.07) is 2.38. The summed E-state index contributed by atoms with van der Waals surface area (Å²) >= 11 is 0. The Balaban J connectivity index is 1.62. The van der Waals surface area contributed by atoms with Crippen LogP contribution in [0, 0.1) is 6.92 Å². The minimum absolute atomic E-state index is 0.0103. The number of halogens is 4. The Morgan fingerprint density at radius 3 is 2.57 bits per heavy atom. The first kappa shape index (κ1) is 26.1. The molecule has 4 rings (SSSR count). The Morgan fingerprint density at radius 2 is 1.95 bits per heavy atom. The lowest BCUT2D eigenvalue weighted by Gasteiger charge is -2.47. The van der Waals surface area contributed by atoms with E-state index in [2.05, 4.69) is 21.0 Å². The van der Waals surface area contributed by atoms with E-state index in [1.165, 1.54) is 13.0 Å². The summed E-state index contributed by atoms with van der Waals surface area (Å²) in [7, 11) is 0. The Hall–Kier alpha value is -3.94. The number of ketones is 1. The maximum Gasteiger partial charge on any atom is 0.293 e. The highest BCUT2D eigenvalue weighted by Crippen LogP contribution is 2.48. The maximum atomic E-state index is 13.7. The predicted molar refractivity (Wildman–Crippen MR) is 124 cm³/mol. The second kappa shape index (κ2) is 9.50. The molecule has 2 aromatic rings. The monoisotopic (exact) mass is 523 g/mol. The molecule has 2 aromatic heterocycles. The molecule has 10 nitrogen and oxygen atoms in total. The highest BCUT2D eigenvalue weighted by Gasteiger charge is 2.59. The molecule has 0 unspecified atom stereocenters. The van der Waals surface area contributed by atoms with E-state index < -0.39 is 54.0 Å². The number of anilines is 1. The number of rotatable bonds is 8. The number of hydrogen-bond donors (Lipinski definition) is 5. The van der Waals surface area contributed by atoms with Gasteiger partial charge in [-0.25, -0.2) is 17.6 Å². The van der Waals surface area contributed by atoms with E-state index in [1.54, 1.807) is 4.57 Å². The number of nitrogens with two attached hydrogens (primary N) is 2. The summed E-state index contributed by atoms with van der Waals surface area (Å²) < 4.78 is 55.0. The van der Waals surface area contributed by atoms with Crippen LogP contribution in [0.15, 0.2) is 30.2 Å². The van der Waals surface area contributed by atoms with Gasteiger partial charge in [0, 0.05) is 43.2 Å². The molecule has 37 heavy (non-hydrogen) atoms. The van der Waals surface area contributed by atoms with Crippen LogP contribution < -0.4 is 27.6 Å². The van der Waals surface area contributed by atoms with Crippen molar-refractivity contribution >= 4 is 23.3 Å². The minimum Gasteiger partial charge on any atom is -0.399 e. The van der Waals surface area contributed by atoms with Crippen LogP contribution in [0.25, 0.3) is 0 Å². The summed E-state index contributed by atoms with van der Waals surface area (Å²) in [5.41, 5.74) is 6.45. The van der Waals surface area contributed by atoms with Crippen LogP contribution in [0.2, 0.25) is 0 Å². The third kappa shape index (κ3) is 4.75. The number of fused-ring (bicyclic) bond motifs is 1. The minimum atomic E-state index is -3.08. The highest BCUT2D eigenvalue weighted by atomic mass is 19.3. The first-order chi connectivity index (χ1) is 17.4. The number of nitrogens with zero attached hydrogens (tertiary/aromatic N) is 2. The van der Waals surface area contributed by atoms with Crippen molar-refractivity contribution in [3.63, 3.8) is 0 Å². The Morgan fingerprint density at radius 1 is 1.24 bits per heavy atom. The van der Waals surface area contributed by atoms with Gasteiger partial charge in [-0.3, -0.25) is 25.2 Å². The third-order valence-electron chi connectivity index (χ3n) is 6.59. The second-order valence-electron chi connectivity index (χ2n) is 9.12. The van der Waals surface area contributed by atoms with Crippen molar-refractivity contribution < 1.29 is 31.9 Å². The third-order valence-corrected chi connectivity index (χ3v) is 6.59. The standard InChI is InChI=1S/C23H25F4N7O3/c1-11-16(18(35)21(37)33-22(15(28)8-31-29)9-23(26,27)10-22)14-3-2-6-34(14)17(11)20(36)32-12-4-5-30-13(7-12)19(24)25/h4-5,7-8,19,31H,2-3,6,9-10,28-29H2,1H3,(H,33,37)(H,30,32,36)/b15-8-. The van der Waals surface area contributed by atoms with Crippen molar-refractivity contribution in [2.75, 3.05) is 5.32 Å². The number of carbonyl (C=O) groups is 3. The smallest absolute Gasteiger partial charge is 0.293 e. The Bertz CT molecular complexity index is 1300. The van der Waals surface area contributed by atoms with E-state index in [-0.39, 0.29) is 28.2 Å². The van der Waals surface area contributed by atoms with Crippen molar-refractivity contribution in [2.24, 2.45) is 11.6 Å². The van der Waals surface area contributed by atoms with Gasteiger partial charge in [-0.05, 0) is 37.5 Å². The fraction of sp³-hybridized carbons (Fsp3) is 0.391. The summed E-state index contributed by atoms with van der Waals surface area (Å²) in [6.45, 7) is 1.87. The molecule has 0 radical (unpaired) electrons. The van der Waals surface area contributed by atoms with Gasteiger partial charge in [0.15, 0.2) is 0 Å². The van der Waals surface area contributed by atoms with Gasteiger partial charge >= 0.3 is 0 Å². The normalized spacial score (nSPS) is 17.6. The quantitative estimate of drug-likeness (QED) is 0.117. The summed E-state index contributed by atoms with van der Waals surface area (Å²) in [6.07, 6.45) is -1.27. The lowest BCUT2D eigenvalue weighted by atomic mass is 9.71. The lowest BCUT2D eigenvalue weighted by molar-refractivity contribution is -0.137. The largest absolute Gasteiger partial charge is 0.399 e. The van der Waals surface area contributed by atoms with E-state index in [9.17, 15) is 31.9 Å². The van der Waals surface area contributed by atoms with Crippen LogP contribution in [0.5, 0.6) is 0 Å². The highest BCUT2D eigenvalue weighted by molar-refractivity contribution is 6.44. The second-order valence-corrected chi connectivity index (χ2v) is 9.12.